The minimum Gasteiger partial charge on any atom is -0.456 e. The second-order valence-electron chi connectivity index (χ2n) is 13.0. The molecule has 0 N–H and O–H groups in total. The number of hydrogen-bond acceptors (Lipinski definition) is 3. The van der Waals surface area contributed by atoms with Gasteiger partial charge in [-0.2, -0.15) is 0 Å². The smallest absolute Gasteiger partial charge is 0.162 e. The van der Waals surface area contributed by atoms with Crippen LogP contribution in [0.2, 0.25) is 0 Å². The SMILES string of the molecule is CC1(C)c2ccccc2-c2c(-c3ccccc3)nc(-c3ccccc3-n3c4ccccc4c4c5c(ccc43)oc3ccccc35)nc21. The van der Waals surface area contributed by atoms with Crippen LogP contribution in [0.25, 0.3) is 83.2 Å². The van der Waals surface area contributed by atoms with Crippen LogP contribution in [0.1, 0.15) is 25.1 Å². The molecule has 0 radical (unpaired) electrons. The summed E-state index contributed by atoms with van der Waals surface area (Å²) >= 11 is 0. The fourth-order valence-corrected chi connectivity index (χ4v) is 7.86. The summed E-state index contributed by atoms with van der Waals surface area (Å²) < 4.78 is 8.71. The predicted molar refractivity (Wildman–Crippen MR) is 192 cm³/mol. The highest BCUT2D eigenvalue weighted by molar-refractivity contribution is 6.27. The maximum absolute atomic E-state index is 6.33. The molecule has 0 saturated heterocycles. The minimum atomic E-state index is -0.275. The lowest BCUT2D eigenvalue weighted by Crippen LogP contribution is -2.17. The minimum absolute atomic E-state index is 0.275. The lowest BCUT2D eigenvalue weighted by Gasteiger charge is -2.21. The van der Waals surface area contributed by atoms with Crippen molar-refractivity contribution in [1.29, 1.82) is 0 Å². The molecule has 4 nitrogen and oxygen atoms in total. The van der Waals surface area contributed by atoms with Gasteiger partial charge in [0.05, 0.1) is 28.1 Å². The van der Waals surface area contributed by atoms with E-state index in [-0.39, 0.29) is 5.41 Å². The van der Waals surface area contributed by atoms with Crippen molar-refractivity contribution in [2.24, 2.45) is 0 Å². The Bertz CT molecular complexity index is 2710. The summed E-state index contributed by atoms with van der Waals surface area (Å²) in [7, 11) is 0. The number of aromatic nitrogens is 3. The highest BCUT2D eigenvalue weighted by atomic mass is 16.3. The van der Waals surface area contributed by atoms with E-state index in [2.05, 4.69) is 146 Å². The van der Waals surface area contributed by atoms with Crippen LogP contribution in [-0.4, -0.2) is 14.5 Å². The maximum atomic E-state index is 6.33. The van der Waals surface area contributed by atoms with Gasteiger partial charge in [0.25, 0.3) is 0 Å². The van der Waals surface area contributed by atoms with Crippen LogP contribution in [0.5, 0.6) is 0 Å². The zero-order valence-electron chi connectivity index (χ0n) is 26.0. The number of fused-ring (bicyclic) bond motifs is 10. The maximum Gasteiger partial charge on any atom is 0.162 e. The first-order valence-corrected chi connectivity index (χ1v) is 16.1. The summed E-state index contributed by atoms with van der Waals surface area (Å²) in [5, 5.41) is 4.64. The van der Waals surface area contributed by atoms with E-state index in [0.29, 0.717) is 0 Å². The Morgan fingerprint density at radius 2 is 1.26 bits per heavy atom. The molecule has 1 aliphatic rings. The van der Waals surface area contributed by atoms with Gasteiger partial charge in [-0.1, -0.05) is 117 Å². The molecule has 3 aromatic heterocycles. The third-order valence-electron chi connectivity index (χ3n) is 9.98. The van der Waals surface area contributed by atoms with E-state index in [1.807, 2.05) is 12.1 Å². The Balaban J connectivity index is 1.30. The van der Waals surface area contributed by atoms with Gasteiger partial charge >= 0.3 is 0 Å². The van der Waals surface area contributed by atoms with Gasteiger partial charge in [0.15, 0.2) is 5.82 Å². The number of rotatable bonds is 3. The van der Waals surface area contributed by atoms with Crippen LogP contribution in [0.15, 0.2) is 144 Å². The molecular weight excluding hydrogens is 574 g/mol. The Morgan fingerprint density at radius 1 is 0.553 bits per heavy atom. The molecule has 222 valence electrons. The van der Waals surface area contributed by atoms with Gasteiger partial charge in [-0.3, -0.25) is 0 Å². The largest absolute Gasteiger partial charge is 0.456 e. The Morgan fingerprint density at radius 3 is 2.13 bits per heavy atom. The zero-order valence-corrected chi connectivity index (χ0v) is 26.0. The summed E-state index contributed by atoms with van der Waals surface area (Å²) in [6.07, 6.45) is 0. The molecule has 0 bridgehead atoms. The third-order valence-corrected chi connectivity index (χ3v) is 9.98. The topological polar surface area (TPSA) is 43.9 Å². The van der Waals surface area contributed by atoms with E-state index in [1.54, 1.807) is 0 Å². The second kappa shape index (κ2) is 9.51. The average Bonchev–Trinajstić information content (AvgIpc) is 3.74. The van der Waals surface area contributed by atoms with E-state index in [0.717, 1.165) is 72.6 Å². The molecule has 4 heteroatoms. The number of benzene rings is 6. The van der Waals surface area contributed by atoms with Crippen LogP contribution in [0.3, 0.4) is 0 Å². The van der Waals surface area contributed by atoms with E-state index in [1.165, 1.54) is 21.9 Å². The van der Waals surface area contributed by atoms with Crippen LogP contribution in [-0.2, 0) is 5.41 Å². The molecule has 3 heterocycles. The number of hydrogen-bond donors (Lipinski definition) is 0. The summed E-state index contributed by atoms with van der Waals surface area (Å²) in [5.41, 5.74) is 12.5. The first-order chi connectivity index (χ1) is 23.1. The number of furan rings is 1. The number of para-hydroxylation sites is 3. The summed E-state index contributed by atoms with van der Waals surface area (Å²) in [4.78, 5) is 10.9. The molecule has 9 aromatic rings. The lowest BCUT2D eigenvalue weighted by atomic mass is 9.85. The van der Waals surface area contributed by atoms with Crippen molar-refractivity contribution in [3.05, 3.63) is 151 Å². The first kappa shape index (κ1) is 26.2. The van der Waals surface area contributed by atoms with Gasteiger partial charge in [0, 0.05) is 43.7 Å². The standard InChI is InChI=1S/C43H29N3O/c1-43(2)31-20-10-6-16-27(31)39-40(26-14-4-3-5-15-26)44-42(45-41(39)43)29-18-8-12-22-33(29)46-32-21-11-7-17-28(32)37-34(46)24-25-36-38(37)30-19-9-13-23-35(30)47-36/h3-25H,1-2H3. The van der Waals surface area contributed by atoms with Crippen molar-refractivity contribution in [1.82, 2.24) is 14.5 Å². The van der Waals surface area contributed by atoms with E-state index < -0.39 is 0 Å². The fourth-order valence-electron chi connectivity index (χ4n) is 7.86. The van der Waals surface area contributed by atoms with E-state index in [4.69, 9.17) is 14.4 Å². The van der Waals surface area contributed by atoms with Gasteiger partial charge in [-0.25, -0.2) is 9.97 Å². The summed E-state index contributed by atoms with van der Waals surface area (Å²) in [6.45, 7) is 4.56. The second-order valence-corrected chi connectivity index (χ2v) is 13.0. The molecule has 10 rings (SSSR count). The van der Waals surface area contributed by atoms with E-state index >= 15 is 0 Å². The molecular formula is C43H29N3O. The lowest BCUT2D eigenvalue weighted by molar-refractivity contribution is 0.636. The Kier molecular flexibility index (Phi) is 5.31. The van der Waals surface area contributed by atoms with E-state index in [9.17, 15) is 0 Å². The highest BCUT2D eigenvalue weighted by Crippen LogP contribution is 2.51. The van der Waals surface area contributed by atoms with Crippen LogP contribution in [0.4, 0.5) is 0 Å². The first-order valence-electron chi connectivity index (χ1n) is 16.1. The molecule has 0 spiro atoms. The molecule has 6 aromatic carbocycles. The van der Waals surface area contributed by atoms with Crippen molar-refractivity contribution in [3.63, 3.8) is 0 Å². The van der Waals surface area contributed by atoms with Gasteiger partial charge in [0.1, 0.15) is 11.2 Å². The number of nitrogens with zero attached hydrogens (tertiary/aromatic N) is 3. The van der Waals surface area contributed by atoms with Crippen LogP contribution in [0, 0.1) is 0 Å². The molecule has 47 heavy (non-hydrogen) atoms. The highest BCUT2D eigenvalue weighted by Gasteiger charge is 2.39. The van der Waals surface area contributed by atoms with Gasteiger partial charge < -0.3 is 8.98 Å². The van der Waals surface area contributed by atoms with Gasteiger partial charge in [-0.15, -0.1) is 0 Å². The summed E-state index contributed by atoms with van der Waals surface area (Å²) in [6, 6.07) is 49.0. The van der Waals surface area contributed by atoms with Crippen LogP contribution >= 0.6 is 0 Å². The van der Waals surface area contributed by atoms with Gasteiger partial charge in [-0.05, 0) is 47.5 Å². The van der Waals surface area contributed by atoms with Crippen molar-refractivity contribution >= 4 is 43.7 Å². The molecule has 0 saturated carbocycles. The quantitative estimate of drug-likeness (QED) is 0.202. The van der Waals surface area contributed by atoms with Crippen molar-refractivity contribution in [2.45, 2.75) is 19.3 Å². The molecule has 0 unspecified atom stereocenters. The molecule has 0 aliphatic heterocycles. The zero-order chi connectivity index (χ0) is 31.3. The van der Waals surface area contributed by atoms with Crippen molar-refractivity contribution in [2.75, 3.05) is 0 Å². The van der Waals surface area contributed by atoms with Gasteiger partial charge in [0.2, 0.25) is 0 Å². The molecule has 1 aliphatic carbocycles. The molecule has 0 amide bonds. The predicted octanol–water partition coefficient (Wildman–Crippen LogP) is 11.1. The van der Waals surface area contributed by atoms with Crippen LogP contribution < -0.4 is 0 Å². The van der Waals surface area contributed by atoms with Crippen molar-refractivity contribution < 1.29 is 4.42 Å². The Hall–Kier alpha value is -6.00. The van der Waals surface area contributed by atoms with Crippen molar-refractivity contribution in [3.8, 4) is 39.5 Å². The Labute approximate surface area is 271 Å². The molecule has 0 atom stereocenters. The monoisotopic (exact) mass is 603 g/mol. The normalized spacial score (nSPS) is 13.5. The fraction of sp³-hybridized carbons (Fsp3) is 0.0698. The summed E-state index contributed by atoms with van der Waals surface area (Å²) in [5.74, 6) is 0.722. The third kappa shape index (κ3) is 3.58. The average molecular weight is 604 g/mol. The molecule has 0 fully saturated rings.